The molecule has 10 heavy (non-hydrogen) atoms. The summed E-state index contributed by atoms with van der Waals surface area (Å²) in [6.45, 7) is 0. The van der Waals surface area contributed by atoms with Crippen LogP contribution in [-0.4, -0.2) is 0 Å². The molecule has 1 aliphatic rings. The van der Waals surface area contributed by atoms with Crippen molar-refractivity contribution in [1.82, 2.24) is 0 Å². The Labute approximate surface area is 63.3 Å². The van der Waals surface area contributed by atoms with Crippen molar-refractivity contribution in [3.05, 3.63) is 11.6 Å². The molecule has 0 N–H and O–H groups in total. The predicted molar refractivity (Wildman–Crippen MR) is 44.6 cm³/mol. The average Bonchev–Trinajstić information content (AvgIpc) is 2.41. The van der Waals surface area contributed by atoms with E-state index in [9.17, 15) is 0 Å². The van der Waals surface area contributed by atoms with Crippen molar-refractivity contribution in [1.29, 1.82) is 0 Å². The van der Waals surface area contributed by atoms with Crippen LogP contribution in [-0.2, 0) is 0 Å². The maximum atomic E-state index is 5.14. The molecule has 1 aliphatic carbocycles. The van der Waals surface area contributed by atoms with Gasteiger partial charge in [0.15, 0.2) is 0 Å². The molecule has 0 radical (unpaired) electrons. The normalized spacial score (nSPS) is 16.5. The van der Waals surface area contributed by atoms with Crippen molar-refractivity contribution in [3.8, 4) is 12.3 Å². The van der Waals surface area contributed by atoms with E-state index in [1.807, 2.05) is 0 Å². The molecule has 0 aromatic heterocycles. The van der Waals surface area contributed by atoms with Crippen molar-refractivity contribution in [2.24, 2.45) is 0 Å². The summed E-state index contributed by atoms with van der Waals surface area (Å²) in [6, 6.07) is 0. The summed E-state index contributed by atoms with van der Waals surface area (Å²) in [5, 5.41) is 0. The van der Waals surface area contributed by atoms with E-state index < -0.39 is 0 Å². The van der Waals surface area contributed by atoms with Crippen LogP contribution in [0.4, 0.5) is 0 Å². The Bertz CT molecular complexity index is 157. The Balaban J connectivity index is 2.08. The first kappa shape index (κ1) is 7.41. The molecule has 0 saturated carbocycles. The van der Waals surface area contributed by atoms with E-state index in [1.54, 1.807) is 5.57 Å². The number of unbranched alkanes of at least 4 members (excludes halogenated alkanes) is 1. The number of terminal acetylenes is 1. The van der Waals surface area contributed by atoms with Gasteiger partial charge in [0.25, 0.3) is 0 Å². The Morgan fingerprint density at radius 2 is 2.50 bits per heavy atom. The smallest absolute Gasteiger partial charge is 0.00891 e. The SMILES string of the molecule is C#CCCCC1=CCCC1. The Morgan fingerprint density at radius 3 is 3.10 bits per heavy atom. The second-order valence-electron chi connectivity index (χ2n) is 2.81. The van der Waals surface area contributed by atoms with E-state index >= 15 is 0 Å². The van der Waals surface area contributed by atoms with E-state index in [-0.39, 0.29) is 0 Å². The minimum Gasteiger partial charge on any atom is -0.120 e. The van der Waals surface area contributed by atoms with Gasteiger partial charge in [-0.25, -0.2) is 0 Å². The van der Waals surface area contributed by atoms with Gasteiger partial charge in [-0.05, 0) is 32.1 Å². The number of allylic oxidation sites excluding steroid dienone is 2. The van der Waals surface area contributed by atoms with E-state index in [0.29, 0.717) is 0 Å². The van der Waals surface area contributed by atoms with Crippen LogP contribution in [0.15, 0.2) is 11.6 Å². The van der Waals surface area contributed by atoms with Crippen molar-refractivity contribution in [2.75, 3.05) is 0 Å². The van der Waals surface area contributed by atoms with E-state index in [2.05, 4.69) is 12.0 Å². The minimum atomic E-state index is 0.942. The largest absolute Gasteiger partial charge is 0.120 e. The van der Waals surface area contributed by atoms with Gasteiger partial charge in [0.2, 0.25) is 0 Å². The van der Waals surface area contributed by atoms with Crippen molar-refractivity contribution >= 4 is 0 Å². The molecule has 0 heterocycles. The molecule has 0 spiro atoms. The van der Waals surface area contributed by atoms with Gasteiger partial charge in [-0.1, -0.05) is 11.6 Å². The maximum Gasteiger partial charge on any atom is 0.00891 e. The molecule has 54 valence electrons. The molecule has 0 aliphatic heterocycles. The first-order valence-electron chi connectivity index (χ1n) is 4.05. The second-order valence-corrected chi connectivity index (χ2v) is 2.81. The summed E-state index contributed by atoms with van der Waals surface area (Å²) in [6.07, 6.45) is 14.9. The molecule has 0 fully saturated rings. The van der Waals surface area contributed by atoms with Crippen molar-refractivity contribution < 1.29 is 0 Å². The number of hydrogen-bond acceptors (Lipinski definition) is 0. The highest BCUT2D eigenvalue weighted by Gasteiger charge is 2.02. The van der Waals surface area contributed by atoms with Crippen LogP contribution in [0.5, 0.6) is 0 Å². The summed E-state index contributed by atoms with van der Waals surface area (Å²) >= 11 is 0. The standard InChI is InChI=1S/C10H14/c1-2-3-4-7-10-8-5-6-9-10/h1,8H,3-7,9H2. The molecule has 0 unspecified atom stereocenters. The zero-order valence-electron chi connectivity index (χ0n) is 6.40. The highest BCUT2D eigenvalue weighted by Crippen LogP contribution is 2.21. The highest BCUT2D eigenvalue weighted by molar-refractivity contribution is 5.07. The van der Waals surface area contributed by atoms with Gasteiger partial charge in [0, 0.05) is 6.42 Å². The summed E-state index contributed by atoms with van der Waals surface area (Å²) in [5.74, 6) is 2.66. The van der Waals surface area contributed by atoms with E-state index in [1.165, 1.54) is 32.1 Å². The lowest BCUT2D eigenvalue weighted by molar-refractivity contribution is 0.800. The van der Waals surface area contributed by atoms with Gasteiger partial charge in [0.1, 0.15) is 0 Å². The fourth-order valence-corrected chi connectivity index (χ4v) is 1.38. The van der Waals surface area contributed by atoms with Gasteiger partial charge >= 0.3 is 0 Å². The molecule has 0 saturated heterocycles. The molecular formula is C10H14. The van der Waals surface area contributed by atoms with Gasteiger partial charge in [-0.3, -0.25) is 0 Å². The minimum absolute atomic E-state index is 0.942. The molecule has 0 amide bonds. The first-order chi connectivity index (χ1) is 4.93. The Hall–Kier alpha value is -0.700. The second kappa shape index (κ2) is 4.17. The van der Waals surface area contributed by atoms with Gasteiger partial charge < -0.3 is 0 Å². The highest BCUT2D eigenvalue weighted by atomic mass is 14.1. The van der Waals surface area contributed by atoms with Crippen LogP contribution in [0.3, 0.4) is 0 Å². The average molecular weight is 134 g/mol. The van der Waals surface area contributed by atoms with Crippen LogP contribution in [0.25, 0.3) is 0 Å². The lowest BCUT2D eigenvalue weighted by atomic mass is 10.1. The molecule has 0 atom stereocenters. The van der Waals surface area contributed by atoms with Crippen LogP contribution in [0.2, 0.25) is 0 Å². The van der Waals surface area contributed by atoms with E-state index in [0.717, 1.165) is 6.42 Å². The molecule has 0 heteroatoms. The van der Waals surface area contributed by atoms with Crippen molar-refractivity contribution in [2.45, 2.75) is 38.5 Å². The van der Waals surface area contributed by atoms with Gasteiger partial charge in [-0.15, -0.1) is 12.3 Å². The fraction of sp³-hybridized carbons (Fsp3) is 0.600. The lowest BCUT2D eigenvalue weighted by Gasteiger charge is -1.96. The van der Waals surface area contributed by atoms with Crippen LogP contribution >= 0.6 is 0 Å². The third kappa shape index (κ3) is 2.27. The van der Waals surface area contributed by atoms with Crippen LogP contribution in [0.1, 0.15) is 38.5 Å². The summed E-state index contributed by atoms with van der Waals surface area (Å²) in [4.78, 5) is 0. The van der Waals surface area contributed by atoms with Crippen molar-refractivity contribution in [3.63, 3.8) is 0 Å². The third-order valence-electron chi connectivity index (χ3n) is 1.95. The third-order valence-corrected chi connectivity index (χ3v) is 1.95. The molecule has 0 bridgehead atoms. The summed E-state index contributed by atoms with van der Waals surface area (Å²) < 4.78 is 0. The number of hydrogen-bond donors (Lipinski definition) is 0. The Morgan fingerprint density at radius 1 is 1.60 bits per heavy atom. The van der Waals surface area contributed by atoms with Gasteiger partial charge in [0.05, 0.1) is 0 Å². The van der Waals surface area contributed by atoms with E-state index in [4.69, 9.17) is 6.42 Å². The quantitative estimate of drug-likeness (QED) is 0.316. The number of rotatable bonds is 3. The summed E-state index contributed by atoms with van der Waals surface area (Å²) in [7, 11) is 0. The lowest BCUT2D eigenvalue weighted by Crippen LogP contribution is -1.77. The first-order valence-corrected chi connectivity index (χ1v) is 4.05. The van der Waals surface area contributed by atoms with Crippen LogP contribution in [0, 0.1) is 12.3 Å². The fourth-order valence-electron chi connectivity index (χ4n) is 1.38. The molecule has 0 nitrogen and oxygen atoms in total. The molecular weight excluding hydrogens is 120 g/mol. The monoisotopic (exact) mass is 134 g/mol. The molecule has 0 aromatic rings. The summed E-state index contributed by atoms with van der Waals surface area (Å²) in [5.41, 5.74) is 1.63. The van der Waals surface area contributed by atoms with Crippen LogP contribution < -0.4 is 0 Å². The zero-order valence-corrected chi connectivity index (χ0v) is 6.40. The topological polar surface area (TPSA) is 0 Å². The molecule has 0 aromatic carbocycles. The molecule has 1 rings (SSSR count). The zero-order chi connectivity index (χ0) is 7.23. The maximum absolute atomic E-state index is 5.14. The Kier molecular flexibility index (Phi) is 3.09. The predicted octanol–water partition coefficient (Wildman–Crippen LogP) is 2.90. The van der Waals surface area contributed by atoms with Gasteiger partial charge in [-0.2, -0.15) is 0 Å².